The first-order chi connectivity index (χ1) is 13.6. The summed E-state index contributed by atoms with van der Waals surface area (Å²) in [6, 6.07) is 16.4. The number of aliphatic imine (C=N–C) groups is 1. The van der Waals surface area contributed by atoms with Crippen molar-refractivity contribution >= 4 is 29.9 Å². The average molecular weight is 510 g/mol. The first-order valence-electron chi connectivity index (χ1n) is 9.44. The number of hydrogen-bond acceptors (Lipinski definition) is 3. The van der Waals surface area contributed by atoms with Crippen molar-refractivity contribution < 1.29 is 9.13 Å². The van der Waals surface area contributed by atoms with Crippen LogP contribution < -0.4 is 10.6 Å². The van der Waals surface area contributed by atoms with Crippen LogP contribution in [0, 0.1) is 23.1 Å². The minimum absolute atomic E-state index is 0. The van der Waals surface area contributed by atoms with Crippen LogP contribution in [-0.2, 0) is 17.9 Å². The first-order valence-corrected chi connectivity index (χ1v) is 9.44. The number of halogens is 2. The molecular weight excluding hydrogens is 482 g/mol. The van der Waals surface area contributed by atoms with Gasteiger partial charge in [-0.15, -0.1) is 24.0 Å². The molecule has 0 aromatic heterocycles. The van der Waals surface area contributed by atoms with E-state index in [2.05, 4.69) is 22.5 Å². The predicted molar refractivity (Wildman–Crippen MR) is 125 cm³/mol. The zero-order valence-electron chi connectivity index (χ0n) is 16.8. The van der Waals surface area contributed by atoms with Gasteiger partial charge in [0.2, 0.25) is 0 Å². The van der Waals surface area contributed by atoms with E-state index < -0.39 is 5.82 Å². The molecule has 7 heteroatoms. The first kappa shape index (κ1) is 24.9. The Balaban J connectivity index is 0.00000420. The van der Waals surface area contributed by atoms with E-state index in [1.165, 1.54) is 6.07 Å². The summed E-state index contributed by atoms with van der Waals surface area (Å²) in [5.74, 6) is 0.502. The van der Waals surface area contributed by atoms with Gasteiger partial charge < -0.3 is 15.4 Å². The maximum Gasteiger partial charge on any atom is 0.191 e. The summed E-state index contributed by atoms with van der Waals surface area (Å²) in [5, 5.41) is 15.2. The van der Waals surface area contributed by atoms with E-state index in [0.717, 1.165) is 5.56 Å². The van der Waals surface area contributed by atoms with Crippen molar-refractivity contribution in [1.29, 1.82) is 5.26 Å². The third-order valence-corrected chi connectivity index (χ3v) is 4.07. The number of nitriles is 1. The van der Waals surface area contributed by atoms with E-state index in [-0.39, 0.29) is 30.5 Å². The highest BCUT2D eigenvalue weighted by Crippen LogP contribution is 2.11. The van der Waals surface area contributed by atoms with Gasteiger partial charge in [-0.1, -0.05) is 43.3 Å². The lowest BCUT2D eigenvalue weighted by Crippen LogP contribution is -2.40. The van der Waals surface area contributed by atoms with E-state index in [4.69, 9.17) is 10.00 Å². The smallest absolute Gasteiger partial charge is 0.191 e. The lowest BCUT2D eigenvalue weighted by molar-refractivity contribution is 0.0931. The van der Waals surface area contributed by atoms with Crippen LogP contribution in [-0.4, -0.2) is 25.7 Å². The Morgan fingerprint density at radius 2 is 1.97 bits per heavy atom. The van der Waals surface area contributed by atoms with Gasteiger partial charge in [0.05, 0.1) is 31.4 Å². The SMILES string of the molecule is CCNC(=NCc1ccc(C#N)cc1F)NCC(C)COCc1ccccc1.I. The Morgan fingerprint density at radius 3 is 2.62 bits per heavy atom. The Hall–Kier alpha value is -2.18. The molecule has 1 unspecified atom stereocenters. The van der Waals surface area contributed by atoms with Gasteiger partial charge >= 0.3 is 0 Å². The van der Waals surface area contributed by atoms with Crippen molar-refractivity contribution in [2.75, 3.05) is 19.7 Å². The van der Waals surface area contributed by atoms with Crippen LogP contribution >= 0.6 is 24.0 Å². The van der Waals surface area contributed by atoms with Crippen LogP contribution in [0.1, 0.15) is 30.5 Å². The van der Waals surface area contributed by atoms with Gasteiger partial charge in [0.1, 0.15) is 5.82 Å². The Kier molecular flexibility index (Phi) is 11.9. The zero-order chi connectivity index (χ0) is 20.2. The molecule has 156 valence electrons. The van der Waals surface area contributed by atoms with Crippen LogP contribution in [0.15, 0.2) is 53.5 Å². The Bertz CT molecular complexity index is 808. The van der Waals surface area contributed by atoms with Gasteiger partial charge in [0, 0.05) is 18.7 Å². The summed E-state index contributed by atoms with van der Waals surface area (Å²) in [4.78, 5) is 4.43. The summed E-state index contributed by atoms with van der Waals surface area (Å²) >= 11 is 0. The normalized spacial score (nSPS) is 11.9. The van der Waals surface area contributed by atoms with E-state index in [1.807, 2.05) is 43.3 Å². The van der Waals surface area contributed by atoms with Crippen molar-refractivity contribution in [1.82, 2.24) is 10.6 Å². The standard InChI is InChI=1S/C22H27FN4O.HI/c1-3-25-22(27-14-20-10-9-19(12-24)11-21(20)23)26-13-17(2)15-28-16-18-7-5-4-6-8-18;/h4-11,17H,3,13-16H2,1-2H3,(H2,25,26,27);1H. The number of hydrogen-bond donors (Lipinski definition) is 2. The molecule has 0 saturated heterocycles. The van der Waals surface area contributed by atoms with Crippen molar-refractivity contribution in [3.05, 3.63) is 71.0 Å². The Morgan fingerprint density at radius 1 is 1.21 bits per heavy atom. The number of nitrogens with one attached hydrogen (secondary N) is 2. The number of rotatable bonds is 9. The number of benzene rings is 2. The monoisotopic (exact) mass is 510 g/mol. The maximum atomic E-state index is 14.0. The molecule has 0 spiro atoms. The zero-order valence-corrected chi connectivity index (χ0v) is 19.2. The van der Waals surface area contributed by atoms with Crippen LogP contribution in [0.2, 0.25) is 0 Å². The van der Waals surface area contributed by atoms with Crippen molar-refractivity contribution in [2.45, 2.75) is 27.0 Å². The number of guanidine groups is 1. The summed E-state index contributed by atoms with van der Waals surface area (Å²) in [6.07, 6.45) is 0. The molecule has 2 rings (SSSR count). The average Bonchev–Trinajstić information content (AvgIpc) is 2.71. The second-order valence-electron chi connectivity index (χ2n) is 6.60. The van der Waals surface area contributed by atoms with E-state index in [9.17, 15) is 4.39 Å². The van der Waals surface area contributed by atoms with Crippen LogP contribution in [0.3, 0.4) is 0 Å². The third kappa shape index (κ3) is 9.24. The van der Waals surface area contributed by atoms with Gasteiger partial charge in [-0.25, -0.2) is 9.38 Å². The molecule has 1 atom stereocenters. The quantitative estimate of drug-likeness (QED) is 0.301. The topological polar surface area (TPSA) is 69.4 Å². The molecule has 0 amide bonds. The molecule has 0 fully saturated rings. The molecule has 0 saturated carbocycles. The second kappa shape index (κ2) is 13.9. The molecule has 2 N–H and O–H groups in total. The number of ether oxygens (including phenoxy) is 1. The van der Waals surface area contributed by atoms with Gasteiger partial charge in [-0.05, 0) is 30.5 Å². The summed E-state index contributed by atoms with van der Waals surface area (Å²) in [6.45, 7) is 6.90. The molecule has 0 radical (unpaired) electrons. The van der Waals surface area contributed by atoms with Gasteiger partial charge in [0.15, 0.2) is 5.96 Å². The summed E-state index contributed by atoms with van der Waals surface area (Å²) < 4.78 is 19.8. The molecule has 2 aromatic carbocycles. The van der Waals surface area contributed by atoms with Crippen LogP contribution in [0.25, 0.3) is 0 Å². The minimum atomic E-state index is -0.415. The highest BCUT2D eigenvalue weighted by atomic mass is 127. The molecule has 29 heavy (non-hydrogen) atoms. The van der Waals surface area contributed by atoms with Crippen LogP contribution in [0.5, 0.6) is 0 Å². The van der Waals surface area contributed by atoms with E-state index >= 15 is 0 Å². The van der Waals surface area contributed by atoms with Crippen molar-refractivity contribution in [3.63, 3.8) is 0 Å². The Labute approximate surface area is 189 Å². The fourth-order valence-corrected chi connectivity index (χ4v) is 2.53. The molecule has 5 nitrogen and oxygen atoms in total. The van der Waals surface area contributed by atoms with Crippen LogP contribution in [0.4, 0.5) is 4.39 Å². The highest BCUT2D eigenvalue weighted by Gasteiger charge is 2.07. The fraction of sp³-hybridized carbons (Fsp3) is 0.364. The second-order valence-corrected chi connectivity index (χ2v) is 6.60. The van der Waals surface area contributed by atoms with Gasteiger partial charge in [-0.2, -0.15) is 5.26 Å². The lowest BCUT2D eigenvalue weighted by atomic mass is 10.1. The van der Waals surface area contributed by atoms with Gasteiger partial charge in [-0.3, -0.25) is 0 Å². The third-order valence-electron chi connectivity index (χ3n) is 4.07. The van der Waals surface area contributed by atoms with E-state index in [1.54, 1.807) is 12.1 Å². The predicted octanol–water partition coefficient (Wildman–Crippen LogP) is 4.22. The van der Waals surface area contributed by atoms with Gasteiger partial charge in [0.25, 0.3) is 0 Å². The van der Waals surface area contributed by atoms with E-state index in [0.29, 0.717) is 49.3 Å². The largest absolute Gasteiger partial charge is 0.376 e. The fourth-order valence-electron chi connectivity index (χ4n) is 2.53. The molecule has 2 aromatic rings. The molecule has 0 heterocycles. The molecule has 0 aliphatic rings. The van der Waals surface area contributed by atoms with Crippen molar-refractivity contribution in [2.24, 2.45) is 10.9 Å². The summed E-state index contributed by atoms with van der Waals surface area (Å²) in [7, 11) is 0. The lowest BCUT2D eigenvalue weighted by Gasteiger charge is -2.16. The highest BCUT2D eigenvalue weighted by molar-refractivity contribution is 14.0. The molecule has 0 bridgehead atoms. The molecule has 0 aliphatic heterocycles. The summed E-state index contributed by atoms with van der Waals surface area (Å²) in [5.41, 5.74) is 1.91. The van der Waals surface area contributed by atoms with Crippen molar-refractivity contribution in [3.8, 4) is 6.07 Å². The molecular formula is C22H28FIN4O. The maximum absolute atomic E-state index is 14.0. The number of nitrogens with zero attached hydrogens (tertiary/aromatic N) is 2. The minimum Gasteiger partial charge on any atom is -0.376 e. The molecule has 0 aliphatic carbocycles.